The van der Waals surface area contributed by atoms with Gasteiger partial charge in [-0.2, -0.15) is 0 Å². The third kappa shape index (κ3) is 4.28. The number of benzene rings is 2. The summed E-state index contributed by atoms with van der Waals surface area (Å²) in [4.78, 5) is 42.8. The number of hydrogen-bond donors (Lipinski definition) is 1. The van der Waals surface area contributed by atoms with E-state index in [1.54, 1.807) is 36.4 Å². The van der Waals surface area contributed by atoms with E-state index in [0.717, 1.165) is 22.9 Å². The summed E-state index contributed by atoms with van der Waals surface area (Å²) in [7, 11) is 0. The molecule has 2 aliphatic heterocycles. The molecule has 2 aliphatic rings. The van der Waals surface area contributed by atoms with Crippen LogP contribution in [0.25, 0.3) is 5.57 Å². The van der Waals surface area contributed by atoms with Gasteiger partial charge in [0, 0.05) is 11.3 Å². The molecule has 0 spiro atoms. The molecule has 0 bridgehead atoms. The van der Waals surface area contributed by atoms with E-state index in [4.69, 9.17) is 16.6 Å². The molecule has 9 heteroatoms. The van der Waals surface area contributed by atoms with Crippen molar-refractivity contribution in [2.45, 2.75) is 20.4 Å². The molecule has 1 aromatic heterocycles. The minimum atomic E-state index is -0.403. The number of para-hydroxylation sites is 1. The maximum absolute atomic E-state index is 13.6. The molecule has 35 heavy (non-hydrogen) atoms. The van der Waals surface area contributed by atoms with Crippen molar-refractivity contribution in [3.8, 4) is 0 Å². The first-order chi connectivity index (χ1) is 16.8. The van der Waals surface area contributed by atoms with Crippen LogP contribution in [0.5, 0.6) is 0 Å². The van der Waals surface area contributed by atoms with E-state index in [-0.39, 0.29) is 35.4 Å². The van der Waals surface area contributed by atoms with Crippen LogP contribution in [0.15, 0.2) is 70.2 Å². The van der Waals surface area contributed by atoms with Crippen molar-refractivity contribution in [3.63, 3.8) is 0 Å². The number of furan rings is 1. The summed E-state index contributed by atoms with van der Waals surface area (Å²) in [6.45, 7) is 3.98. The van der Waals surface area contributed by atoms with Gasteiger partial charge in [0.15, 0.2) is 0 Å². The molecule has 1 saturated heterocycles. The fourth-order valence-electron chi connectivity index (χ4n) is 4.06. The minimum absolute atomic E-state index is 0.182. The number of hydrogen-bond acceptors (Lipinski definition) is 6. The van der Waals surface area contributed by atoms with Crippen LogP contribution >= 0.6 is 24.0 Å². The fourth-order valence-corrected chi connectivity index (χ4v) is 5.39. The molecular formula is C26H21N3O4S2. The molecule has 3 heterocycles. The quantitative estimate of drug-likeness (QED) is 0.403. The van der Waals surface area contributed by atoms with Gasteiger partial charge in [-0.1, -0.05) is 48.2 Å². The summed E-state index contributed by atoms with van der Waals surface area (Å²) >= 11 is 6.53. The van der Waals surface area contributed by atoms with Crippen molar-refractivity contribution < 1.29 is 18.8 Å². The molecule has 0 atom stereocenters. The first-order valence-corrected chi connectivity index (χ1v) is 12.1. The van der Waals surface area contributed by atoms with Crippen molar-refractivity contribution in [3.05, 3.63) is 88.2 Å². The Balaban J connectivity index is 1.43. The van der Waals surface area contributed by atoms with Crippen LogP contribution in [0.4, 0.5) is 11.4 Å². The van der Waals surface area contributed by atoms with Crippen molar-refractivity contribution >= 4 is 63.0 Å². The van der Waals surface area contributed by atoms with Crippen LogP contribution in [0.3, 0.4) is 0 Å². The Morgan fingerprint density at radius 2 is 1.80 bits per heavy atom. The molecular weight excluding hydrogens is 482 g/mol. The van der Waals surface area contributed by atoms with Gasteiger partial charge in [-0.25, -0.2) is 0 Å². The Labute approximate surface area is 211 Å². The summed E-state index contributed by atoms with van der Waals surface area (Å²) in [5.41, 5.74) is 4.30. The third-order valence-corrected chi connectivity index (χ3v) is 7.43. The normalized spacial score (nSPS) is 17.4. The highest BCUT2D eigenvalue weighted by Gasteiger charge is 2.42. The summed E-state index contributed by atoms with van der Waals surface area (Å²) in [6, 6.07) is 16.3. The SMILES string of the molecule is Cc1ccc(NC(=O)CN2C(=O)/C(=C3\SC(=S)N(Cc4ccco4)C3=O)c3ccccc32)cc1C. The van der Waals surface area contributed by atoms with Crippen LogP contribution in [-0.2, 0) is 20.9 Å². The smallest absolute Gasteiger partial charge is 0.267 e. The lowest BCUT2D eigenvalue weighted by molar-refractivity contribution is -0.123. The van der Waals surface area contributed by atoms with Gasteiger partial charge in [-0.05, 0) is 55.3 Å². The van der Waals surface area contributed by atoms with Gasteiger partial charge in [-0.3, -0.25) is 24.2 Å². The summed E-state index contributed by atoms with van der Waals surface area (Å²) in [6.07, 6.45) is 1.53. The van der Waals surface area contributed by atoms with Crippen molar-refractivity contribution in [1.82, 2.24) is 4.90 Å². The molecule has 7 nitrogen and oxygen atoms in total. The van der Waals surface area contributed by atoms with Gasteiger partial charge in [-0.15, -0.1) is 0 Å². The Morgan fingerprint density at radius 1 is 1.00 bits per heavy atom. The Kier molecular flexibility index (Phi) is 6.04. The highest BCUT2D eigenvalue weighted by Crippen LogP contribution is 2.44. The maximum atomic E-state index is 13.6. The number of nitrogens with one attached hydrogen (secondary N) is 1. The van der Waals surface area contributed by atoms with Gasteiger partial charge in [0.25, 0.3) is 11.8 Å². The molecule has 5 rings (SSSR count). The van der Waals surface area contributed by atoms with Crippen LogP contribution in [-0.4, -0.2) is 33.5 Å². The van der Waals surface area contributed by atoms with Gasteiger partial charge < -0.3 is 9.73 Å². The van der Waals surface area contributed by atoms with Crippen molar-refractivity contribution in [2.75, 3.05) is 16.8 Å². The lowest BCUT2D eigenvalue weighted by Crippen LogP contribution is -2.35. The third-order valence-electron chi connectivity index (χ3n) is 5.99. The van der Waals surface area contributed by atoms with E-state index in [1.807, 2.05) is 32.0 Å². The van der Waals surface area contributed by atoms with Gasteiger partial charge in [0.05, 0.1) is 29.0 Å². The molecule has 0 radical (unpaired) electrons. The first kappa shape index (κ1) is 23.1. The predicted octanol–water partition coefficient (Wildman–Crippen LogP) is 4.65. The zero-order valence-corrected chi connectivity index (χ0v) is 20.7. The number of nitrogens with zero attached hydrogens (tertiary/aromatic N) is 2. The summed E-state index contributed by atoms with van der Waals surface area (Å²) in [5, 5.41) is 2.86. The lowest BCUT2D eigenvalue weighted by Gasteiger charge is -2.17. The highest BCUT2D eigenvalue weighted by atomic mass is 32.2. The van der Waals surface area contributed by atoms with Crippen LogP contribution in [0.1, 0.15) is 22.5 Å². The Bertz CT molecular complexity index is 1410. The van der Waals surface area contributed by atoms with Crippen molar-refractivity contribution in [1.29, 1.82) is 0 Å². The topological polar surface area (TPSA) is 82.9 Å². The number of anilines is 2. The fraction of sp³-hybridized carbons (Fsp3) is 0.154. The largest absolute Gasteiger partial charge is 0.467 e. The Morgan fingerprint density at radius 3 is 2.54 bits per heavy atom. The van der Waals surface area contributed by atoms with Crippen molar-refractivity contribution in [2.24, 2.45) is 0 Å². The molecule has 1 fully saturated rings. The number of carbonyl (C=O) groups is 3. The monoisotopic (exact) mass is 503 g/mol. The van der Waals surface area contributed by atoms with E-state index in [9.17, 15) is 14.4 Å². The number of aryl methyl sites for hydroxylation is 2. The zero-order chi connectivity index (χ0) is 24.7. The molecule has 0 aliphatic carbocycles. The number of fused-ring (bicyclic) bond motifs is 1. The summed E-state index contributed by atoms with van der Waals surface area (Å²) < 4.78 is 5.71. The van der Waals surface area contributed by atoms with E-state index in [1.165, 1.54) is 16.1 Å². The van der Waals surface area contributed by atoms with Gasteiger partial charge >= 0.3 is 0 Å². The number of thioether (sulfide) groups is 1. The first-order valence-electron chi connectivity index (χ1n) is 10.9. The number of rotatable bonds is 5. The zero-order valence-electron chi connectivity index (χ0n) is 19.0. The lowest BCUT2D eigenvalue weighted by atomic mass is 10.1. The van der Waals surface area contributed by atoms with Crippen LogP contribution in [0, 0.1) is 13.8 Å². The molecule has 3 aromatic rings. The van der Waals surface area contributed by atoms with E-state index in [2.05, 4.69) is 5.32 Å². The average Bonchev–Trinajstić information content (AvgIpc) is 3.51. The summed E-state index contributed by atoms with van der Waals surface area (Å²) in [5.74, 6) is -0.491. The molecule has 3 amide bonds. The number of carbonyl (C=O) groups excluding carboxylic acids is 3. The molecule has 1 N–H and O–H groups in total. The van der Waals surface area contributed by atoms with E-state index >= 15 is 0 Å². The second kappa shape index (κ2) is 9.16. The molecule has 0 saturated carbocycles. The molecule has 2 aromatic carbocycles. The molecule has 0 unspecified atom stereocenters. The highest BCUT2D eigenvalue weighted by molar-refractivity contribution is 8.26. The van der Waals surface area contributed by atoms with E-state index < -0.39 is 5.91 Å². The standard InChI is InChI=1S/C26H21N3O4S2/c1-15-9-10-17(12-16(15)2)27-21(30)14-28-20-8-4-3-7-19(20)22(24(28)31)23-25(32)29(26(34)35-23)13-18-6-5-11-33-18/h3-12H,13-14H2,1-2H3,(H,27,30)/b23-22-. The van der Waals surface area contributed by atoms with Crippen LogP contribution < -0.4 is 10.2 Å². The van der Waals surface area contributed by atoms with Gasteiger partial charge in [0.1, 0.15) is 16.6 Å². The number of amides is 3. The van der Waals surface area contributed by atoms with Crippen LogP contribution in [0.2, 0.25) is 0 Å². The minimum Gasteiger partial charge on any atom is -0.467 e. The predicted molar refractivity (Wildman–Crippen MR) is 140 cm³/mol. The maximum Gasteiger partial charge on any atom is 0.267 e. The van der Waals surface area contributed by atoms with Gasteiger partial charge in [0.2, 0.25) is 5.91 Å². The number of thiocarbonyl (C=S) groups is 1. The average molecular weight is 504 g/mol. The van der Waals surface area contributed by atoms with E-state index in [0.29, 0.717) is 27.0 Å². The second-order valence-electron chi connectivity index (χ2n) is 8.30. The second-order valence-corrected chi connectivity index (χ2v) is 9.94. The Hall–Kier alpha value is -3.69. The molecule has 176 valence electrons.